The Morgan fingerprint density at radius 2 is 1.96 bits per heavy atom. The van der Waals surface area contributed by atoms with E-state index in [4.69, 9.17) is 18.3 Å². The zero-order chi connectivity index (χ0) is 18.1. The first-order chi connectivity index (χ1) is 12.6. The van der Waals surface area contributed by atoms with Gasteiger partial charge in [-0.15, -0.1) is 0 Å². The normalized spacial score (nSPS) is 14.6. The van der Waals surface area contributed by atoms with Crippen molar-refractivity contribution in [2.24, 2.45) is 0 Å². The number of oxazole rings is 1. The predicted octanol–water partition coefficient (Wildman–Crippen LogP) is 4.21. The zero-order valence-electron chi connectivity index (χ0n) is 15.2. The molecule has 0 bridgehead atoms. The third-order valence-electron chi connectivity index (χ3n) is 4.73. The fourth-order valence-electron chi connectivity index (χ4n) is 3.03. The van der Waals surface area contributed by atoms with E-state index in [1.54, 1.807) is 6.26 Å². The Bertz CT molecular complexity index is 885. The molecule has 6 heteroatoms. The predicted molar refractivity (Wildman–Crippen MR) is 96.3 cm³/mol. The summed E-state index contributed by atoms with van der Waals surface area (Å²) in [4.78, 5) is 6.82. The van der Waals surface area contributed by atoms with Gasteiger partial charge in [0.15, 0.2) is 17.3 Å². The molecular formula is C20H22N2O4. The summed E-state index contributed by atoms with van der Waals surface area (Å²) < 4.78 is 22.4. The van der Waals surface area contributed by atoms with E-state index in [9.17, 15) is 0 Å². The molecule has 1 unspecified atom stereocenters. The van der Waals surface area contributed by atoms with Crippen LogP contribution in [0.25, 0.3) is 11.7 Å². The van der Waals surface area contributed by atoms with Crippen LogP contribution in [0.15, 0.2) is 45.4 Å². The molecule has 0 saturated carbocycles. The highest BCUT2D eigenvalue weighted by Crippen LogP contribution is 2.34. The molecule has 0 saturated heterocycles. The molecule has 4 rings (SSSR count). The van der Waals surface area contributed by atoms with E-state index < -0.39 is 0 Å². The topological polar surface area (TPSA) is 60.9 Å². The minimum Gasteiger partial charge on any atom is -0.486 e. The molecule has 2 aromatic heterocycles. The average Bonchev–Trinajstić information content (AvgIpc) is 3.31. The molecule has 3 heterocycles. The molecule has 0 amide bonds. The monoisotopic (exact) mass is 354 g/mol. The van der Waals surface area contributed by atoms with Gasteiger partial charge in [0.25, 0.3) is 5.89 Å². The van der Waals surface area contributed by atoms with Gasteiger partial charge in [-0.1, -0.05) is 6.07 Å². The lowest BCUT2D eigenvalue weighted by atomic mass is 10.1. The third kappa shape index (κ3) is 3.20. The molecule has 26 heavy (non-hydrogen) atoms. The minimum absolute atomic E-state index is 0.189. The quantitative estimate of drug-likeness (QED) is 0.684. The van der Waals surface area contributed by atoms with E-state index in [2.05, 4.69) is 36.0 Å². The standard InChI is InChI=1S/C20H22N2O4/c1-13(15-6-7-17-19(11-15)25-10-9-24-17)22(3)12-16-14(2)26-20(21-16)18-5-4-8-23-18/h4-8,11,13H,9-10,12H2,1-3H3. The summed E-state index contributed by atoms with van der Waals surface area (Å²) in [7, 11) is 2.07. The molecule has 1 atom stereocenters. The lowest BCUT2D eigenvalue weighted by molar-refractivity contribution is 0.170. The number of hydrogen-bond acceptors (Lipinski definition) is 6. The molecule has 3 aromatic rings. The maximum Gasteiger partial charge on any atom is 0.263 e. The van der Waals surface area contributed by atoms with Gasteiger partial charge >= 0.3 is 0 Å². The Morgan fingerprint density at radius 1 is 1.15 bits per heavy atom. The van der Waals surface area contributed by atoms with Crippen LogP contribution in [-0.4, -0.2) is 30.1 Å². The SMILES string of the molecule is Cc1oc(-c2ccco2)nc1CN(C)C(C)c1ccc2c(c1)OCCO2. The van der Waals surface area contributed by atoms with Crippen molar-refractivity contribution in [3.05, 3.63) is 53.6 Å². The van der Waals surface area contributed by atoms with E-state index in [1.807, 2.05) is 25.1 Å². The molecule has 0 spiro atoms. The molecule has 1 aliphatic heterocycles. The van der Waals surface area contributed by atoms with Crippen LogP contribution in [0.5, 0.6) is 11.5 Å². The highest BCUT2D eigenvalue weighted by atomic mass is 16.6. The number of rotatable bonds is 5. The summed E-state index contributed by atoms with van der Waals surface area (Å²) in [6.45, 7) is 5.96. The second-order valence-electron chi connectivity index (χ2n) is 6.49. The number of ether oxygens (including phenoxy) is 2. The molecule has 0 fully saturated rings. The van der Waals surface area contributed by atoms with Crippen LogP contribution in [-0.2, 0) is 6.54 Å². The van der Waals surface area contributed by atoms with Crippen LogP contribution in [0.2, 0.25) is 0 Å². The Hall–Kier alpha value is -2.73. The number of aryl methyl sites for hydroxylation is 1. The van der Waals surface area contributed by atoms with Gasteiger partial charge in [0.05, 0.1) is 12.0 Å². The minimum atomic E-state index is 0.189. The average molecular weight is 354 g/mol. The van der Waals surface area contributed by atoms with Gasteiger partial charge < -0.3 is 18.3 Å². The fraction of sp³-hybridized carbons (Fsp3) is 0.350. The van der Waals surface area contributed by atoms with Crippen LogP contribution in [0.1, 0.15) is 30.0 Å². The molecule has 1 aliphatic rings. The van der Waals surface area contributed by atoms with Gasteiger partial charge in [0, 0.05) is 12.6 Å². The lowest BCUT2D eigenvalue weighted by Crippen LogP contribution is -2.23. The summed E-state index contributed by atoms with van der Waals surface area (Å²) in [6.07, 6.45) is 1.62. The first kappa shape index (κ1) is 16.7. The summed E-state index contributed by atoms with van der Waals surface area (Å²) >= 11 is 0. The smallest absolute Gasteiger partial charge is 0.263 e. The van der Waals surface area contributed by atoms with Gasteiger partial charge in [-0.25, -0.2) is 4.98 Å². The lowest BCUT2D eigenvalue weighted by Gasteiger charge is -2.26. The second kappa shape index (κ2) is 6.88. The van der Waals surface area contributed by atoms with Crippen molar-refractivity contribution in [3.8, 4) is 23.1 Å². The van der Waals surface area contributed by atoms with Gasteiger partial charge in [-0.3, -0.25) is 4.90 Å². The van der Waals surface area contributed by atoms with E-state index in [1.165, 1.54) is 5.56 Å². The molecule has 1 aromatic carbocycles. The number of furan rings is 1. The van der Waals surface area contributed by atoms with Crippen molar-refractivity contribution < 1.29 is 18.3 Å². The van der Waals surface area contributed by atoms with E-state index in [0.717, 1.165) is 23.0 Å². The van der Waals surface area contributed by atoms with Gasteiger partial charge in [0.1, 0.15) is 19.0 Å². The number of hydrogen-bond donors (Lipinski definition) is 0. The number of fused-ring (bicyclic) bond motifs is 1. The summed E-state index contributed by atoms with van der Waals surface area (Å²) in [5.41, 5.74) is 2.08. The third-order valence-corrected chi connectivity index (χ3v) is 4.73. The van der Waals surface area contributed by atoms with Crippen LogP contribution >= 0.6 is 0 Å². The first-order valence-electron chi connectivity index (χ1n) is 8.72. The van der Waals surface area contributed by atoms with Crippen molar-refractivity contribution in [1.29, 1.82) is 0 Å². The van der Waals surface area contributed by atoms with Gasteiger partial charge in [-0.2, -0.15) is 0 Å². The number of nitrogens with zero attached hydrogens (tertiary/aromatic N) is 2. The van der Waals surface area contributed by atoms with Crippen molar-refractivity contribution in [2.75, 3.05) is 20.3 Å². The van der Waals surface area contributed by atoms with Gasteiger partial charge in [0.2, 0.25) is 0 Å². The Kier molecular flexibility index (Phi) is 4.42. The van der Waals surface area contributed by atoms with Crippen LogP contribution in [0.4, 0.5) is 0 Å². The van der Waals surface area contributed by atoms with E-state index in [0.29, 0.717) is 31.4 Å². The summed E-state index contributed by atoms with van der Waals surface area (Å²) in [6, 6.07) is 9.97. The maximum absolute atomic E-state index is 5.75. The van der Waals surface area contributed by atoms with E-state index in [-0.39, 0.29) is 6.04 Å². The largest absolute Gasteiger partial charge is 0.486 e. The fourth-order valence-corrected chi connectivity index (χ4v) is 3.03. The summed E-state index contributed by atoms with van der Waals surface area (Å²) in [5, 5.41) is 0. The number of benzene rings is 1. The molecule has 0 N–H and O–H groups in total. The van der Waals surface area contributed by atoms with Crippen LogP contribution < -0.4 is 9.47 Å². The highest BCUT2D eigenvalue weighted by molar-refractivity contribution is 5.45. The van der Waals surface area contributed by atoms with Crippen molar-refractivity contribution in [1.82, 2.24) is 9.88 Å². The van der Waals surface area contributed by atoms with Gasteiger partial charge in [-0.05, 0) is 50.7 Å². The van der Waals surface area contributed by atoms with E-state index >= 15 is 0 Å². The van der Waals surface area contributed by atoms with Crippen molar-refractivity contribution in [3.63, 3.8) is 0 Å². The van der Waals surface area contributed by atoms with Crippen LogP contribution in [0.3, 0.4) is 0 Å². The highest BCUT2D eigenvalue weighted by Gasteiger charge is 2.20. The molecule has 136 valence electrons. The second-order valence-corrected chi connectivity index (χ2v) is 6.49. The first-order valence-corrected chi connectivity index (χ1v) is 8.72. The summed E-state index contributed by atoms with van der Waals surface area (Å²) in [5.74, 6) is 3.58. The van der Waals surface area contributed by atoms with Crippen molar-refractivity contribution >= 4 is 0 Å². The Labute approximate surface area is 152 Å². The molecule has 0 radical (unpaired) electrons. The Balaban J connectivity index is 1.50. The molecular weight excluding hydrogens is 332 g/mol. The zero-order valence-corrected chi connectivity index (χ0v) is 15.2. The molecule has 6 nitrogen and oxygen atoms in total. The Morgan fingerprint density at radius 3 is 2.73 bits per heavy atom. The van der Waals surface area contributed by atoms with Crippen LogP contribution in [0, 0.1) is 6.92 Å². The number of aromatic nitrogens is 1. The van der Waals surface area contributed by atoms with Crippen molar-refractivity contribution in [2.45, 2.75) is 26.4 Å². The maximum atomic E-state index is 5.75. The molecule has 0 aliphatic carbocycles.